The lowest BCUT2D eigenvalue weighted by Gasteiger charge is -2.16. The number of aromatic nitrogens is 2. The van der Waals surface area contributed by atoms with Crippen molar-refractivity contribution in [3.63, 3.8) is 0 Å². The number of hydrogen-bond donors (Lipinski definition) is 3. The number of nitrogens with one attached hydrogen (secondary N) is 1. The minimum atomic E-state index is -1.13. The Hall–Kier alpha value is -2.87. The van der Waals surface area contributed by atoms with Gasteiger partial charge in [0.1, 0.15) is 17.3 Å². The van der Waals surface area contributed by atoms with Crippen LogP contribution in [0.25, 0.3) is 0 Å². The minimum Gasteiger partial charge on any atom is -0.497 e. The van der Waals surface area contributed by atoms with Crippen LogP contribution < -0.4 is 14.8 Å². The lowest BCUT2D eigenvalue weighted by molar-refractivity contribution is 0.0690. The average Bonchev–Trinajstić information content (AvgIpc) is 2.64. The van der Waals surface area contributed by atoms with Crippen LogP contribution in [-0.4, -0.2) is 53.5 Å². The zero-order valence-electron chi connectivity index (χ0n) is 14.1. The highest BCUT2D eigenvalue weighted by molar-refractivity contribution is 5.84. The Labute approximate surface area is 145 Å². The summed E-state index contributed by atoms with van der Waals surface area (Å²) in [5.41, 5.74) is 0.858. The highest BCUT2D eigenvalue weighted by Crippen LogP contribution is 2.24. The number of benzene rings is 1. The van der Waals surface area contributed by atoms with Crippen molar-refractivity contribution >= 4 is 11.8 Å². The van der Waals surface area contributed by atoms with E-state index in [1.54, 1.807) is 20.3 Å². The third-order valence-corrected chi connectivity index (χ3v) is 3.64. The second-order valence-corrected chi connectivity index (χ2v) is 5.45. The van der Waals surface area contributed by atoms with E-state index in [1.165, 1.54) is 12.4 Å². The SMILES string of the molecule is COc1cc(CC(CO)CNc2cnc(C(=O)O)cn2)cc(OC)c1. The monoisotopic (exact) mass is 347 g/mol. The predicted molar refractivity (Wildman–Crippen MR) is 91.3 cm³/mol. The van der Waals surface area contributed by atoms with Gasteiger partial charge in [0.05, 0.1) is 26.6 Å². The molecule has 2 aromatic rings. The molecule has 1 atom stereocenters. The van der Waals surface area contributed by atoms with E-state index < -0.39 is 5.97 Å². The molecule has 0 aliphatic heterocycles. The van der Waals surface area contributed by atoms with Crippen molar-refractivity contribution in [3.05, 3.63) is 41.9 Å². The van der Waals surface area contributed by atoms with Gasteiger partial charge >= 0.3 is 5.97 Å². The van der Waals surface area contributed by atoms with E-state index in [-0.39, 0.29) is 18.2 Å². The molecule has 134 valence electrons. The Balaban J connectivity index is 1.99. The first-order valence-electron chi connectivity index (χ1n) is 7.67. The number of hydrogen-bond acceptors (Lipinski definition) is 7. The summed E-state index contributed by atoms with van der Waals surface area (Å²) in [4.78, 5) is 18.5. The number of aromatic carboxylic acids is 1. The Kier molecular flexibility index (Phi) is 6.53. The standard InChI is InChI=1S/C17H21N3O5/c1-24-13-4-11(5-14(6-13)25-2)3-12(10-21)7-19-16-9-18-15(8-20-16)17(22)23/h4-6,8-9,12,21H,3,7,10H2,1-2H3,(H,19,20)(H,22,23). The molecule has 8 nitrogen and oxygen atoms in total. The van der Waals surface area contributed by atoms with Crippen molar-refractivity contribution in [2.24, 2.45) is 5.92 Å². The second kappa shape index (κ2) is 8.84. The summed E-state index contributed by atoms with van der Waals surface area (Å²) in [7, 11) is 3.17. The highest BCUT2D eigenvalue weighted by Gasteiger charge is 2.12. The van der Waals surface area contributed by atoms with Crippen LogP contribution in [0.4, 0.5) is 5.82 Å². The van der Waals surface area contributed by atoms with Gasteiger partial charge in [-0.3, -0.25) is 0 Å². The van der Waals surface area contributed by atoms with E-state index in [9.17, 15) is 9.90 Å². The molecule has 0 aliphatic rings. The number of carboxylic acids is 1. The quantitative estimate of drug-likeness (QED) is 0.625. The van der Waals surface area contributed by atoms with Gasteiger partial charge in [0.25, 0.3) is 0 Å². The molecule has 1 unspecified atom stereocenters. The molecule has 1 aromatic carbocycles. The van der Waals surface area contributed by atoms with Crippen LogP contribution in [0.15, 0.2) is 30.6 Å². The maximum atomic E-state index is 10.8. The lowest BCUT2D eigenvalue weighted by atomic mass is 9.99. The van der Waals surface area contributed by atoms with Crippen molar-refractivity contribution in [2.75, 3.05) is 32.7 Å². The number of rotatable bonds is 9. The maximum Gasteiger partial charge on any atom is 0.356 e. The summed E-state index contributed by atoms with van der Waals surface area (Å²) >= 11 is 0. The van der Waals surface area contributed by atoms with Gasteiger partial charge in [-0.1, -0.05) is 0 Å². The van der Waals surface area contributed by atoms with Gasteiger partial charge < -0.3 is 25.0 Å². The van der Waals surface area contributed by atoms with Crippen molar-refractivity contribution in [1.29, 1.82) is 0 Å². The molecular formula is C17H21N3O5. The predicted octanol–water partition coefficient (Wildman–Crippen LogP) is 1.46. The Morgan fingerprint density at radius 1 is 1.16 bits per heavy atom. The number of aliphatic hydroxyl groups is 1. The topological polar surface area (TPSA) is 114 Å². The molecule has 1 heterocycles. The average molecular weight is 347 g/mol. The number of methoxy groups -OCH3 is 2. The smallest absolute Gasteiger partial charge is 0.356 e. The van der Waals surface area contributed by atoms with Crippen LogP contribution in [0.2, 0.25) is 0 Å². The van der Waals surface area contributed by atoms with E-state index in [1.807, 2.05) is 12.1 Å². The van der Waals surface area contributed by atoms with Gasteiger partial charge in [-0.05, 0) is 24.1 Å². The molecule has 2 rings (SSSR count). The van der Waals surface area contributed by atoms with Crippen LogP contribution in [-0.2, 0) is 6.42 Å². The van der Waals surface area contributed by atoms with Crippen LogP contribution in [0.3, 0.4) is 0 Å². The van der Waals surface area contributed by atoms with Crippen molar-refractivity contribution in [1.82, 2.24) is 9.97 Å². The third-order valence-electron chi connectivity index (χ3n) is 3.64. The Morgan fingerprint density at radius 2 is 1.84 bits per heavy atom. The van der Waals surface area contributed by atoms with Crippen LogP contribution >= 0.6 is 0 Å². The lowest BCUT2D eigenvalue weighted by Crippen LogP contribution is -2.21. The normalized spacial score (nSPS) is 11.6. The van der Waals surface area contributed by atoms with E-state index in [0.717, 1.165) is 5.56 Å². The van der Waals surface area contributed by atoms with Crippen molar-refractivity contribution in [2.45, 2.75) is 6.42 Å². The van der Waals surface area contributed by atoms with E-state index >= 15 is 0 Å². The summed E-state index contributed by atoms with van der Waals surface area (Å²) in [6.07, 6.45) is 3.15. The number of carbonyl (C=O) groups is 1. The van der Waals surface area contributed by atoms with Gasteiger partial charge in [0.2, 0.25) is 0 Å². The van der Waals surface area contributed by atoms with Gasteiger partial charge in [-0.15, -0.1) is 0 Å². The van der Waals surface area contributed by atoms with E-state index in [0.29, 0.717) is 30.3 Å². The number of nitrogens with zero attached hydrogens (tertiary/aromatic N) is 2. The Morgan fingerprint density at radius 3 is 2.32 bits per heavy atom. The largest absolute Gasteiger partial charge is 0.497 e. The first-order valence-corrected chi connectivity index (χ1v) is 7.67. The number of aliphatic hydroxyl groups excluding tert-OH is 1. The summed E-state index contributed by atoms with van der Waals surface area (Å²) in [5, 5.41) is 21.5. The highest BCUT2D eigenvalue weighted by atomic mass is 16.5. The molecule has 1 aromatic heterocycles. The molecule has 0 aliphatic carbocycles. The fraction of sp³-hybridized carbons (Fsp3) is 0.353. The van der Waals surface area contributed by atoms with Gasteiger partial charge in [-0.25, -0.2) is 14.8 Å². The molecule has 3 N–H and O–H groups in total. The molecule has 0 saturated heterocycles. The molecule has 8 heteroatoms. The summed E-state index contributed by atoms with van der Waals surface area (Å²) in [6.45, 7) is 0.435. The summed E-state index contributed by atoms with van der Waals surface area (Å²) in [6, 6.07) is 5.58. The molecule has 0 bridgehead atoms. The molecule has 0 amide bonds. The molecule has 0 fully saturated rings. The molecule has 0 spiro atoms. The summed E-state index contributed by atoms with van der Waals surface area (Å²) in [5.74, 6) is 0.631. The first-order chi connectivity index (χ1) is 12.0. The van der Waals surface area contributed by atoms with Gasteiger partial charge in [0.15, 0.2) is 5.69 Å². The molecule has 0 radical (unpaired) electrons. The molecule has 0 saturated carbocycles. The number of carboxylic acid groups (broad SMARTS) is 1. The fourth-order valence-corrected chi connectivity index (χ4v) is 2.30. The van der Waals surface area contributed by atoms with Gasteiger partial charge in [-0.2, -0.15) is 0 Å². The molecule has 25 heavy (non-hydrogen) atoms. The van der Waals surface area contributed by atoms with Crippen LogP contribution in [0, 0.1) is 5.92 Å². The first kappa shape index (κ1) is 18.5. The van der Waals surface area contributed by atoms with Crippen LogP contribution in [0.1, 0.15) is 16.1 Å². The second-order valence-electron chi connectivity index (χ2n) is 5.45. The van der Waals surface area contributed by atoms with Crippen LogP contribution in [0.5, 0.6) is 11.5 Å². The number of anilines is 1. The van der Waals surface area contributed by atoms with E-state index in [2.05, 4.69) is 15.3 Å². The maximum absolute atomic E-state index is 10.8. The van der Waals surface area contributed by atoms with Crippen molar-refractivity contribution in [3.8, 4) is 11.5 Å². The summed E-state index contributed by atoms with van der Waals surface area (Å²) < 4.78 is 10.5. The minimum absolute atomic E-state index is 0.0207. The zero-order chi connectivity index (χ0) is 18.2. The molecular weight excluding hydrogens is 326 g/mol. The number of ether oxygens (including phenoxy) is 2. The zero-order valence-corrected chi connectivity index (χ0v) is 14.1. The fourth-order valence-electron chi connectivity index (χ4n) is 2.30. The van der Waals surface area contributed by atoms with Crippen molar-refractivity contribution < 1.29 is 24.5 Å². The van der Waals surface area contributed by atoms with E-state index in [4.69, 9.17) is 14.6 Å². The van der Waals surface area contributed by atoms with Gasteiger partial charge in [0, 0.05) is 25.1 Å². The Bertz CT molecular complexity index is 684. The third kappa shape index (κ3) is 5.32.